The van der Waals surface area contributed by atoms with Gasteiger partial charge in [-0.15, -0.1) is 0 Å². The molecule has 0 bridgehead atoms. The number of nitrogens with one attached hydrogen (secondary N) is 1. The quantitative estimate of drug-likeness (QED) is 0.622. The summed E-state index contributed by atoms with van der Waals surface area (Å²) < 4.78 is 0. The van der Waals surface area contributed by atoms with Crippen molar-refractivity contribution >= 4 is 5.91 Å². The molecule has 3 aliphatic carbocycles. The zero-order chi connectivity index (χ0) is 22.2. The van der Waals surface area contributed by atoms with Crippen LogP contribution in [0.3, 0.4) is 0 Å². The van der Waals surface area contributed by atoms with Gasteiger partial charge in [0.05, 0.1) is 6.10 Å². The molecule has 5 heteroatoms. The first-order valence-corrected chi connectivity index (χ1v) is 12.0. The zero-order valence-electron chi connectivity index (χ0n) is 19.0. The molecule has 4 rings (SSSR count). The molecule has 3 aliphatic rings. The van der Waals surface area contributed by atoms with Gasteiger partial charge >= 0.3 is 0 Å². The van der Waals surface area contributed by atoms with Crippen molar-refractivity contribution in [1.29, 1.82) is 0 Å². The molecule has 0 unspecified atom stereocenters. The van der Waals surface area contributed by atoms with E-state index in [0.717, 1.165) is 38.5 Å². The summed E-state index contributed by atoms with van der Waals surface area (Å²) in [6.45, 7) is 9.85. The Balaban J connectivity index is 1.60. The van der Waals surface area contributed by atoms with Gasteiger partial charge in [0.2, 0.25) is 0 Å². The number of carbonyl (C=O) groups excluding carboxylic acids is 1. The number of rotatable bonds is 5. The normalized spacial score (nSPS) is 40.4. The molecule has 0 saturated heterocycles. The number of nitrogens with zero attached hydrogens (tertiary/aromatic N) is 1. The van der Waals surface area contributed by atoms with E-state index in [1.165, 1.54) is 5.57 Å². The second-order valence-corrected chi connectivity index (χ2v) is 10.7. The lowest BCUT2D eigenvalue weighted by Gasteiger charge is -2.56. The number of pyridine rings is 1. The van der Waals surface area contributed by atoms with E-state index in [4.69, 9.17) is 0 Å². The van der Waals surface area contributed by atoms with Crippen LogP contribution < -0.4 is 5.32 Å². The molecule has 1 amide bonds. The van der Waals surface area contributed by atoms with Gasteiger partial charge in [-0.25, -0.2) is 0 Å². The third-order valence-electron chi connectivity index (χ3n) is 9.36. The second kappa shape index (κ2) is 8.67. The Bertz CT molecular complexity index is 812. The average Bonchev–Trinajstić information content (AvgIpc) is 3.08. The minimum absolute atomic E-state index is 0.0282. The van der Waals surface area contributed by atoms with Crippen LogP contribution in [0, 0.1) is 34.5 Å². The Hall–Kier alpha value is -1.72. The average molecular weight is 427 g/mol. The van der Waals surface area contributed by atoms with Gasteiger partial charge in [0, 0.05) is 19.3 Å². The number of fused-ring (bicyclic) bond motifs is 1. The number of carbonyl (C=O) groups is 1. The maximum absolute atomic E-state index is 12.8. The van der Waals surface area contributed by atoms with E-state index in [-0.39, 0.29) is 35.4 Å². The van der Waals surface area contributed by atoms with E-state index in [1.54, 1.807) is 12.3 Å². The first kappa shape index (κ1) is 22.5. The number of allylic oxidation sites excluding steroid dienone is 1. The van der Waals surface area contributed by atoms with Gasteiger partial charge in [-0.3, -0.25) is 9.78 Å². The van der Waals surface area contributed by atoms with Gasteiger partial charge in [-0.1, -0.05) is 32.1 Å². The van der Waals surface area contributed by atoms with Crippen LogP contribution in [-0.2, 0) is 0 Å². The molecular formula is C26H38N2O3. The summed E-state index contributed by atoms with van der Waals surface area (Å²) in [6.07, 6.45) is 8.14. The highest BCUT2D eigenvalue weighted by Gasteiger charge is 2.56. The molecule has 3 N–H and O–H groups in total. The molecule has 3 saturated carbocycles. The first-order valence-electron chi connectivity index (χ1n) is 12.0. The Morgan fingerprint density at radius 3 is 2.74 bits per heavy atom. The molecule has 0 spiro atoms. The largest absolute Gasteiger partial charge is 0.396 e. The van der Waals surface area contributed by atoms with Crippen LogP contribution in [0.5, 0.6) is 0 Å². The highest BCUT2D eigenvalue weighted by Crippen LogP contribution is 2.63. The van der Waals surface area contributed by atoms with E-state index in [9.17, 15) is 15.0 Å². The Morgan fingerprint density at radius 1 is 1.23 bits per heavy atom. The molecule has 170 valence electrons. The topological polar surface area (TPSA) is 82.5 Å². The second-order valence-electron chi connectivity index (χ2n) is 10.7. The fraction of sp³-hybridized carbons (Fsp3) is 0.692. The smallest absolute Gasteiger partial charge is 0.269 e. The summed E-state index contributed by atoms with van der Waals surface area (Å²) in [5.74, 6) is 1.21. The monoisotopic (exact) mass is 426 g/mol. The molecule has 0 radical (unpaired) electrons. The number of aliphatic hydroxyl groups excluding tert-OH is 2. The van der Waals surface area contributed by atoms with Crippen molar-refractivity contribution in [3.8, 4) is 0 Å². The molecule has 0 aliphatic heterocycles. The molecule has 7 atom stereocenters. The van der Waals surface area contributed by atoms with Crippen LogP contribution in [0.4, 0.5) is 0 Å². The van der Waals surface area contributed by atoms with Crippen LogP contribution in [0.25, 0.3) is 0 Å². The van der Waals surface area contributed by atoms with E-state index in [1.807, 2.05) is 12.1 Å². The van der Waals surface area contributed by atoms with Crippen molar-refractivity contribution < 1.29 is 15.0 Å². The summed E-state index contributed by atoms with van der Waals surface area (Å²) in [7, 11) is 0. The van der Waals surface area contributed by atoms with Crippen LogP contribution in [0.2, 0.25) is 0 Å². The molecule has 5 nitrogen and oxygen atoms in total. The van der Waals surface area contributed by atoms with E-state index in [0.29, 0.717) is 36.4 Å². The highest BCUT2D eigenvalue weighted by molar-refractivity contribution is 5.92. The van der Waals surface area contributed by atoms with Crippen molar-refractivity contribution in [3.05, 3.63) is 42.2 Å². The third-order valence-corrected chi connectivity index (χ3v) is 9.36. The molecule has 1 aromatic heterocycles. The molecule has 0 aromatic carbocycles. The fourth-order valence-corrected chi connectivity index (χ4v) is 7.26. The third kappa shape index (κ3) is 3.95. The SMILES string of the molecule is C=C1CC[C@H]2[C@H](CNC(=O)c3ccccn3)[C@@H]([C@]3(C)CC[C@H](O)C[C@@H]3CO)CC[C@]12C. The van der Waals surface area contributed by atoms with Crippen molar-refractivity contribution in [2.24, 2.45) is 34.5 Å². The van der Waals surface area contributed by atoms with Gasteiger partial charge in [0.1, 0.15) is 5.69 Å². The van der Waals surface area contributed by atoms with Crippen molar-refractivity contribution in [1.82, 2.24) is 10.3 Å². The summed E-state index contributed by atoms with van der Waals surface area (Å²) >= 11 is 0. The maximum Gasteiger partial charge on any atom is 0.269 e. The lowest BCUT2D eigenvalue weighted by molar-refractivity contribution is -0.0928. The standard InChI is InChI=1S/C26H38N2O3/c1-17-7-8-21-20(15-28-24(31)23-6-4-5-13-27-23)22(10-12-25(17,21)2)26(3)11-9-19(30)14-18(26)16-29/h4-6,13,18-22,29-30H,1,7-12,14-16H2,2-3H3,(H,28,31)/t18-,19+,20+,21+,22+,25-,26-/m1/s1. The number of amides is 1. The van der Waals surface area contributed by atoms with Gasteiger partial charge in [-0.2, -0.15) is 0 Å². The van der Waals surface area contributed by atoms with E-state index in [2.05, 4.69) is 30.7 Å². The summed E-state index contributed by atoms with van der Waals surface area (Å²) in [4.78, 5) is 17.0. The molecule has 3 fully saturated rings. The predicted octanol–water partition coefficient (Wildman–Crippen LogP) is 3.97. The summed E-state index contributed by atoms with van der Waals surface area (Å²) in [5, 5.41) is 23.7. The molecule has 1 heterocycles. The Labute approximate surface area is 186 Å². The van der Waals surface area contributed by atoms with Crippen LogP contribution in [-0.4, -0.2) is 40.4 Å². The van der Waals surface area contributed by atoms with Gasteiger partial charge in [0.15, 0.2) is 0 Å². The van der Waals surface area contributed by atoms with Crippen molar-refractivity contribution in [3.63, 3.8) is 0 Å². The lowest BCUT2D eigenvalue weighted by atomic mass is 9.49. The summed E-state index contributed by atoms with van der Waals surface area (Å²) in [5.41, 5.74) is 1.92. The van der Waals surface area contributed by atoms with Crippen LogP contribution in [0.15, 0.2) is 36.5 Å². The van der Waals surface area contributed by atoms with Gasteiger partial charge in [0.25, 0.3) is 5.91 Å². The van der Waals surface area contributed by atoms with Crippen LogP contribution in [0.1, 0.15) is 69.3 Å². The minimum atomic E-state index is -0.312. The zero-order valence-corrected chi connectivity index (χ0v) is 19.0. The number of hydrogen-bond acceptors (Lipinski definition) is 4. The van der Waals surface area contributed by atoms with E-state index >= 15 is 0 Å². The van der Waals surface area contributed by atoms with E-state index < -0.39 is 0 Å². The van der Waals surface area contributed by atoms with Crippen LogP contribution >= 0.6 is 0 Å². The molecule has 31 heavy (non-hydrogen) atoms. The highest BCUT2D eigenvalue weighted by atomic mass is 16.3. The van der Waals surface area contributed by atoms with Gasteiger partial charge < -0.3 is 15.5 Å². The number of aliphatic hydroxyl groups is 2. The molecular weight excluding hydrogens is 388 g/mol. The summed E-state index contributed by atoms with van der Waals surface area (Å²) in [6, 6.07) is 5.40. The Kier molecular flexibility index (Phi) is 6.28. The first-order chi connectivity index (χ1) is 14.8. The van der Waals surface area contributed by atoms with Crippen molar-refractivity contribution in [2.75, 3.05) is 13.2 Å². The van der Waals surface area contributed by atoms with Gasteiger partial charge in [-0.05, 0) is 91.6 Å². The predicted molar refractivity (Wildman–Crippen MR) is 121 cm³/mol. The number of aromatic nitrogens is 1. The number of hydrogen-bond donors (Lipinski definition) is 3. The maximum atomic E-state index is 12.8. The lowest BCUT2D eigenvalue weighted by Crippen LogP contribution is -2.53. The molecule has 1 aromatic rings. The minimum Gasteiger partial charge on any atom is -0.396 e. The fourth-order valence-electron chi connectivity index (χ4n) is 7.26. The Morgan fingerprint density at radius 2 is 2.03 bits per heavy atom. The van der Waals surface area contributed by atoms with Crippen molar-refractivity contribution in [2.45, 2.75) is 64.9 Å².